The minimum Gasteiger partial charge on any atom is -0.422 e. The van der Waals surface area contributed by atoms with Crippen LogP contribution < -0.4 is 10.5 Å². The summed E-state index contributed by atoms with van der Waals surface area (Å²) in [5.74, 6) is 0.212. The molecule has 0 aliphatic heterocycles. The highest BCUT2D eigenvalue weighted by Gasteiger charge is 2.12. The first-order chi connectivity index (χ1) is 7.65. The fourth-order valence-electron chi connectivity index (χ4n) is 1.07. The van der Waals surface area contributed by atoms with E-state index in [2.05, 4.69) is 4.37 Å². The number of rotatable bonds is 2. The quantitative estimate of drug-likeness (QED) is 0.661. The molecule has 1 aromatic heterocycles. The lowest BCUT2D eigenvalue weighted by Gasteiger charge is -2.01. The first kappa shape index (κ1) is 10.9. The number of nitrogen functional groups attached to an aromatic ring is 1. The van der Waals surface area contributed by atoms with Gasteiger partial charge in [0.05, 0.1) is 0 Å². The summed E-state index contributed by atoms with van der Waals surface area (Å²) in [4.78, 5) is 11.9. The Hall–Kier alpha value is -1.59. The van der Waals surface area contributed by atoms with E-state index >= 15 is 0 Å². The fourth-order valence-corrected chi connectivity index (χ4v) is 1.80. The molecule has 16 heavy (non-hydrogen) atoms. The van der Waals surface area contributed by atoms with Gasteiger partial charge in [-0.15, -0.1) is 0 Å². The third kappa shape index (κ3) is 2.50. The second kappa shape index (κ2) is 4.51. The number of hydrogen-bond donors (Lipinski definition) is 1. The van der Waals surface area contributed by atoms with Gasteiger partial charge in [0.15, 0.2) is 0 Å². The number of esters is 1. The average molecular weight is 255 g/mol. The summed E-state index contributed by atoms with van der Waals surface area (Å²) >= 11 is 6.76. The minimum atomic E-state index is -0.489. The highest BCUT2D eigenvalue weighted by Crippen LogP contribution is 2.20. The van der Waals surface area contributed by atoms with Gasteiger partial charge in [0, 0.05) is 11.1 Å². The summed E-state index contributed by atoms with van der Waals surface area (Å²) in [6.45, 7) is 0. The zero-order valence-corrected chi connectivity index (χ0v) is 9.59. The zero-order valence-electron chi connectivity index (χ0n) is 8.01. The Balaban J connectivity index is 2.13. The number of aromatic nitrogens is 1. The van der Waals surface area contributed by atoms with Gasteiger partial charge < -0.3 is 10.5 Å². The second-order valence-corrected chi connectivity index (χ2v) is 4.20. The van der Waals surface area contributed by atoms with Gasteiger partial charge in [-0.25, -0.2) is 4.79 Å². The number of anilines is 1. The van der Waals surface area contributed by atoms with Crippen molar-refractivity contribution in [3.8, 4) is 5.75 Å². The van der Waals surface area contributed by atoms with E-state index in [4.69, 9.17) is 22.1 Å². The maximum Gasteiger partial charge on any atom is 0.355 e. The summed E-state index contributed by atoms with van der Waals surface area (Å²) in [6.07, 6.45) is 0. The van der Waals surface area contributed by atoms with Gasteiger partial charge in [0.1, 0.15) is 16.4 Å². The van der Waals surface area contributed by atoms with Crippen LogP contribution in [-0.2, 0) is 0 Å². The summed E-state index contributed by atoms with van der Waals surface area (Å²) in [7, 11) is 0. The van der Waals surface area contributed by atoms with Gasteiger partial charge in [-0.2, -0.15) is 4.37 Å². The molecular weight excluding hydrogens is 248 g/mol. The zero-order chi connectivity index (χ0) is 11.5. The molecule has 0 atom stereocenters. The molecule has 2 N–H and O–H groups in total. The number of nitrogens with two attached hydrogens (primary N) is 1. The van der Waals surface area contributed by atoms with E-state index in [0.717, 1.165) is 11.5 Å². The Morgan fingerprint density at radius 2 is 2.25 bits per heavy atom. The van der Waals surface area contributed by atoms with Crippen LogP contribution in [0.1, 0.15) is 9.67 Å². The normalized spacial score (nSPS) is 10.1. The van der Waals surface area contributed by atoms with Crippen molar-refractivity contribution < 1.29 is 9.53 Å². The van der Waals surface area contributed by atoms with E-state index in [0.29, 0.717) is 21.5 Å². The lowest BCUT2D eigenvalue weighted by atomic mass is 10.3. The molecule has 2 aromatic rings. The largest absolute Gasteiger partial charge is 0.422 e. The lowest BCUT2D eigenvalue weighted by Crippen LogP contribution is -2.06. The molecule has 0 bridgehead atoms. The molecule has 0 fully saturated rings. The Bertz CT molecular complexity index is 527. The maximum atomic E-state index is 11.6. The summed E-state index contributed by atoms with van der Waals surface area (Å²) < 4.78 is 8.88. The SMILES string of the molecule is Nc1cc(C(=O)Oc2cccc(Cl)c2)sn1. The monoisotopic (exact) mass is 254 g/mol. The third-order valence-corrected chi connectivity index (χ3v) is 2.75. The smallest absolute Gasteiger partial charge is 0.355 e. The van der Waals surface area contributed by atoms with Crippen molar-refractivity contribution in [2.24, 2.45) is 0 Å². The van der Waals surface area contributed by atoms with E-state index < -0.39 is 5.97 Å². The van der Waals surface area contributed by atoms with Crippen LogP contribution in [0.3, 0.4) is 0 Å². The Labute approximate surface area is 101 Å². The number of hydrogen-bond acceptors (Lipinski definition) is 5. The molecule has 0 radical (unpaired) electrons. The van der Waals surface area contributed by atoms with Gasteiger partial charge in [0.2, 0.25) is 0 Å². The molecule has 82 valence electrons. The average Bonchev–Trinajstić information content (AvgIpc) is 2.65. The van der Waals surface area contributed by atoms with Gasteiger partial charge >= 0.3 is 5.97 Å². The molecule has 0 unspecified atom stereocenters. The molecule has 0 saturated carbocycles. The number of carbonyl (C=O) groups excluding carboxylic acids is 1. The van der Waals surface area contributed by atoms with Crippen molar-refractivity contribution in [1.82, 2.24) is 4.37 Å². The van der Waals surface area contributed by atoms with Crippen molar-refractivity contribution in [2.75, 3.05) is 5.73 Å². The Kier molecular flexibility index (Phi) is 3.07. The molecule has 0 spiro atoms. The fraction of sp³-hybridized carbons (Fsp3) is 0. The highest BCUT2D eigenvalue weighted by atomic mass is 35.5. The topological polar surface area (TPSA) is 65.2 Å². The van der Waals surface area contributed by atoms with Gasteiger partial charge in [-0.05, 0) is 29.7 Å². The van der Waals surface area contributed by atoms with Gasteiger partial charge in [-0.3, -0.25) is 0 Å². The predicted molar refractivity (Wildman–Crippen MR) is 62.9 cm³/mol. The Morgan fingerprint density at radius 1 is 1.44 bits per heavy atom. The summed E-state index contributed by atoms with van der Waals surface area (Å²) in [6, 6.07) is 8.07. The van der Waals surface area contributed by atoms with Gasteiger partial charge in [-0.1, -0.05) is 17.7 Å². The van der Waals surface area contributed by atoms with Crippen LogP contribution in [-0.4, -0.2) is 10.3 Å². The third-order valence-electron chi connectivity index (χ3n) is 1.74. The van der Waals surface area contributed by atoms with Crippen LogP contribution in [0, 0.1) is 0 Å². The standard InChI is InChI=1S/C10H7ClN2O2S/c11-6-2-1-3-7(4-6)15-10(14)8-5-9(12)13-16-8/h1-5H,(H2,12,13). The van der Waals surface area contributed by atoms with Crippen LogP contribution in [0.25, 0.3) is 0 Å². The summed E-state index contributed by atoms with van der Waals surface area (Å²) in [5, 5.41) is 0.508. The van der Waals surface area contributed by atoms with Crippen molar-refractivity contribution >= 4 is 34.9 Å². The van der Waals surface area contributed by atoms with Crippen LogP contribution in [0.15, 0.2) is 30.3 Å². The number of ether oxygens (including phenoxy) is 1. The predicted octanol–water partition coefficient (Wildman–Crippen LogP) is 2.60. The first-order valence-corrected chi connectivity index (χ1v) is 5.50. The van der Waals surface area contributed by atoms with Crippen molar-refractivity contribution in [3.63, 3.8) is 0 Å². The van der Waals surface area contributed by atoms with Crippen LogP contribution >= 0.6 is 23.1 Å². The highest BCUT2D eigenvalue weighted by molar-refractivity contribution is 7.08. The van der Waals surface area contributed by atoms with Crippen LogP contribution in [0.4, 0.5) is 5.82 Å². The Morgan fingerprint density at radius 3 is 2.88 bits per heavy atom. The second-order valence-electron chi connectivity index (χ2n) is 2.96. The molecule has 1 heterocycles. The van der Waals surface area contributed by atoms with E-state index in [-0.39, 0.29) is 0 Å². The molecule has 6 heteroatoms. The van der Waals surface area contributed by atoms with E-state index in [1.807, 2.05) is 0 Å². The molecule has 4 nitrogen and oxygen atoms in total. The molecule has 2 rings (SSSR count). The molecule has 0 saturated heterocycles. The van der Waals surface area contributed by atoms with Crippen molar-refractivity contribution in [3.05, 3.63) is 40.2 Å². The molecule has 0 aliphatic rings. The molecular formula is C10H7ClN2O2S. The first-order valence-electron chi connectivity index (χ1n) is 4.35. The van der Waals surface area contributed by atoms with Crippen LogP contribution in [0.2, 0.25) is 5.02 Å². The molecule has 0 aliphatic carbocycles. The molecule has 1 aromatic carbocycles. The number of carbonyl (C=O) groups is 1. The molecule has 0 amide bonds. The van der Waals surface area contributed by atoms with Crippen molar-refractivity contribution in [2.45, 2.75) is 0 Å². The summed E-state index contributed by atoms with van der Waals surface area (Å²) in [5.41, 5.74) is 5.40. The van der Waals surface area contributed by atoms with E-state index in [1.54, 1.807) is 24.3 Å². The van der Waals surface area contributed by atoms with E-state index in [1.165, 1.54) is 6.07 Å². The van der Waals surface area contributed by atoms with Crippen LogP contribution in [0.5, 0.6) is 5.75 Å². The minimum absolute atomic E-state index is 0.308. The maximum absolute atomic E-state index is 11.6. The van der Waals surface area contributed by atoms with Gasteiger partial charge in [0.25, 0.3) is 0 Å². The number of nitrogens with zero attached hydrogens (tertiary/aromatic N) is 1. The number of halogens is 1. The number of benzene rings is 1. The lowest BCUT2D eigenvalue weighted by molar-refractivity contribution is 0.0740. The van der Waals surface area contributed by atoms with Crippen molar-refractivity contribution in [1.29, 1.82) is 0 Å². The van der Waals surface area contributed by atoms with E-state index in [9.17, 15) is 4.79 Å².